The molecule has 4 nitrogen and oxygen atoms in total. The molecule has 0 bridgehead atoms. The lowest BCUT2D eigenvalue weighted by Crippen LogP contribution is -2.21. The molecule has 1 atom stereocenters. The highest BCUT2D eigenvalue weighted by atomic mass is 79.9. The molecule has 0 aromatic heterocycles. The Hall–Kier alpha value is -0.780. The maximum Gasteiger partial charge on any atom is 0.175 e. The van der Waals surface area contributed by atoms with Crippen molar-refractivity contribution in [2.75, 3.05) is 26.9 Å². The van der Waals surface area contributed by atoms with Gasteiger partial charge in [0.25, 0.3) is 0 Å². The quantitative estimate of drug-likeness (QED) is 0.849. The van der Waals surface area contributed by atoms with Gasteiger partial charge in [-0.05, 0) is 65.7 Å². The van der Waals surface area contributed by atoms with E-state index in [1.165, 1.54) is 0 Å². The zero-order valence-electron chi connectivity index (χ0n) is 12.7. The topological polar surface area (TPSA) is 53.7 Å². The van der Waals surface area contributed by atoms with Gasteiger partial charge in [-0.3, -0.25) is 0 Å². The van der Waals surface area contributed by atoms with Crippen molar-refractivity contribution in [3.63, 3.8) is 0 Å². The first-order chi connectivity index (χ1) is 10.1. The zero-order chi connectivity index (χ0) is 15.2. The molecule has 0 saturated carbocycles. The van der Waals surface area contributed by atoms with Crippen LogP contribution in [-0.4, -0.2) is 33.0 Å². The number of hydrogen-bond donors (Lipinski definition) is 1. The van der Waals surface area contributed by atoms with E-state index in [1.54, 1.807) is 7.11 Å². The van der Waals surface area contributed by atoms with Gasteiger partial charge in [0, 0.05) is 19.3 Å². The van der Waals surface area contributed by atoms with Crippen molar-refractivity contribution in [3.05, 3.63) is 22.2 Å². The van der Waals surface area contributed by atoms with Gasteiger partial charge in [-0.15, -0.1) is 0 Å². The molecule has 21 heavy (non-hydrogen) atoms. The minimum atomic E-state index is 0.121. The van der Waals surface area contributed by atoms with Crippen LogP contribution in [0.2, 0.25) is 0 Å². The van der Waals surface area contributed by atoms with E-state index in [-0.39, 0.29) is 6.04 Å². The predicted molar refractivity (Wildman–Crippen MR) is 87.1 cm³/mol. The van der Waals surface area contributed by atoms with Gasteiger partial charge >= 0.3 is 0 Å². The molecule has 1 saturated heterocycles. The fourth-order valence-corrected chi connectivity index (χ4v) is 3.12. The Bertz CT molecular complexity index is 459. The Morgan fingerprint density at radius 2 is 2.10 bits per heavy atom. The van der Waals surface area contributed by atoms with E-state index in [0.717, 1.165) is 54.0 Å². The lowest BCUT2D eigenvalue weighted by atomic mass is 10.0. The van der Waals surface area contributed by atoms with Crippen LogP contribution in [-0.2, 0) is 11.2 Å². The molecule has 5 heteroatoms. The summed E-state index contributed by atoms with van der Waals surface area (Å²) in [5.74, 6) is 2.09. The molecule has 1 fully saturated rings. The normalized spacial score (nSPS) is 17.5. The summed E-state index contributed by atoms with van der Waals surface area (Å²) in [7, 11) is 1.67. The third-order valence-electron chi connectivity index (χ3n) is 3.65. The standard InChI is InChI=1S/C16H24BrNO3/c1-11(18)7-13-8-14(17)16(15(9-13)19-2)21-10-12-3-5-20-6-4-12/h8-9,11-12H,3-7,10,18H2,1-2H3. The summed E-state index contributed by atoms with van der Waals surface area (Å²) in [4.78, 5) is 0. The first-order valence-corrected chi connectivity index (χ1v) is 8.22. The second-order valence-electron chi connectivity index (χ2n) is 5.66. The third-order valence-corrected chi connectivity index (χ3v) is 4.24. The van der Waals surface area contributed by atoms with Crippen LogP contribution >= 0.6 is 15.9 Å². The van der Waals surface area contributed by atoms with E-state index in [1.807, 2.05) is 13.0 Å². The fourth-order valence-electron chi connectivity index (χ4n) is 2.52. The molecule has 2 rings (SSSR count). The van der Waals surface area contributed by atoms with Gasteiger partial charge in [-0.25, -0.2) is 0 Å². The molecule has 2 N–H and O–H groups in total. The molecule has 0 aliphatic carbocycles. The minimum absolute atomic E-state index is 0.121. The maximum absolute atomic E-state index is 6.00. The van der Waals surface area contributed by atoms with Crippen LogP contribution in [0, 0.1) is 5.92 Å². The second kappa shape index (κ2) is 8.01. The first kappa shape index (κ1) is 16.6. The number of ether oxygens (including phenoxy) is 3. The van der Waals surface area contributed by atoms with Gasteiger partial charge in [0.2, 0.25) is 0 Å². The lowest BCUT2D eigenvalue weighted by molar-refractivity contribution is 0.0492. The summed E-state index contributed by atoms with van der Waals surface area (Å²) < 4.78 is 17.8. The molecule has 118 valence electrons. The highest BCUT2D eigenvalue weighted by Crippen LogP contribution is 2.37. The minimum Gasteiger partial charge on any atom is -0.493 e. The van der Waals surface area contributed by atoms with E-state index in [4.69, 9.17) is 19.9 Å². The Labute approximate surface area is 135 Å². The van der Waals surface area contributed by atoms with E-state index < -0.39 is 0 Å². The molecule has 1 unspecified atom stereocenters. The predicted octanol–water partition coefficient (Wildman–Crippen LogP) is 3.15. The Kier molecular flexibility index (Phi) is 6.33. The van der Waals surface area contributed by atoms with E-state index in [2.05, 4.69) is 22.0 Å². The van der Waals surface area contributed by atoms with Gasteiger partial charge < -0.3 is 19.9 Å². The average molecular weight is 358 g/mol. The molecular formula is C16H24BrNO3. The van der Waals surface area contributed by atoms with Crippen LogP contribution in [0.1, 0.15) is 25.3 Å². The smallest absolute Gasteiger partial charge is 0.175 e. The number of benzene rings is 1. The molecule has 1 aromatic carbocycles. The summed E-state index contributed by atoms with van der Waals surface area (Å²) in [5, 5.41) is 0. The summed E-state index contributed by atoms with van der Waals surface area (Å²) in [5.41, 5.74) is 7.01. The number of halogens is 1. The molecule has 0 spiro atoms. The largest absolute Gasteiger partial charge is 0.493 e. The van der Waals surface area contributed by atoms with E-state index in [0.29, 0.717) is 12.5 Å². The van der Waals surface area contributed by atoms with Crippen LogP contribution in [0.15, 0.2) is 16.6 Å². The van der Waals surface area contributed by atoms with Crippen LogP contribution in [0.5, 0.6) is 11.5 Å². The molecular weight excluding hydrogens is 334 g/mol. The second-order valence-corrected chi connectivity index (χ2v) is 6.51. The van der Waals surface area contributed by atoms with Gasteiger partial charge in [0.05, 0.1) is 18.2 Å². The van der Waals surface area contributed by atoms with Crippen molar-refractivity contribution in [1.82, 2.24) is 0 Å². The summed E-state index contributed by atoms with van der Waals surface area (Å²) in [6.07, 6.45) is 2.93. The molecule has 1 heterocycles. The summed E-state index contributed by atoms with van der Waals surface area (Å²) in [6, 6.07) is 4.19. The SMILES string of the molecule is COc1cc(CC(C)N)cc(Br)c1OCC1CCOCC1. The van der Waals surface area contributed by atoms with Crippen molar-refractivity contribution in [1.29, 1.82) is 0 Å². The van der Waals surface area contributed by atoms with Gasteiger partial charge in [0.1, 0.15) is 0 Å². The maximum atomic E-state index is 6.00. The number of methoxy groups -OCH3 is 1. The molecule has 1 aliphatic rings. The van der Waals surface area contributed by atoms with Crippen molar-refractivity contribution in [2.45, 2.75) is 32.2 Å². The van der Waals surface area contributed by atoms with Crippen molar-refractivity contribution >= 4 is 15.9 Å². The van der Waals surface area contributed by atoms with Crippen LogP contribution in [0.3, 0.4) is 0 Å². The third kappa shape index (κ3) is 4.87. The Morgan fingerprint density at radius 3 is 2.71 bits per heavy atom. The number of hydrogen-bond acceptors (Lipinski definition) is 4. The molecule has 0 amide bonds. The lowest BCUT2D eigenvalue weighted by Gasteiger charge is -2.23. The Balaban J connectivity index is 2.06. The van der Waals surface area contributed by atoms with Gasteiger partial charge in [-0.2, -0.15) is 0 Å². The van der Waals surface area contributed by atoms with Crippen LogP contribution in [0.4, 0.5) is 0 Å². The highest BCUT2D eigenvalue weighted by Gasteiger charge is 2.17. The van der Waals surface area contributed by atoms with Crippen LogP contribution in [0.25, 0.3) is 0 Å². The Morgan fingerprint density at radius 1 is 1.38 bits per heavy atom. The van der Waals surface area contributed by atoms with E-state index >= 15 is 0 Å². The first-order valence-electron chi connectivity index (χ1n) is 7.42. The average Bonchev–Trinajstić information content (AvgIpc) is 2.46. The van der Waals surface area contributed by atoms with Crippen molar-refractivity contribution in [3.8, 4) is 11.5 Å². The number of rotatable bonds is 6. The van der Waals surface area contributed by atoms with Gasteiger partial charge in [0.15, 0.2) is 11.5 Å². The molecule has 0 radical (unpaired) electrons. The number of nitrogens with two attached hydrogens (primary N) is 1. The molecule has 1 aromatic rings. The van der Waals surface area contributed by atoms with Crippen LogP contribution < -0.4 is 15.2 Å². The fraction of sp³-hybridized carbons (Fsp3) is 0.625. The summed E-state index contributed by atoms with van der Waals surface area (Å²) >= 11 is 3.58. The van der Waals surface area contributed by atoms with Crippen molar-refractivity contribution in [2.24, 2.45) is 11.7 Å². The summed E-state index contributed by atoms with van der Waals surface area (Å²) in [6.45, 7) is 4.36. The van der Waals surface area contributed by atoms with E-state index in [9.17, 15) is 0 Å². The monoisotopic (exact) mass is 357 g/mol. The van der Waals surface area contributed by atoms with Gasteiger partial charge in [-0.1, -0.05) is 0 Å². The zero-order valence-corrected chi connectivity index (χ0v) is 14.3. The highest BCUT2D eigenvalue weighted by molar-refractivity contribution is 9.10. The van der Waals surface area contributed by atoms with Crippen molar-refractivity contribution < 1.29 is 14.2 Å². The molecule has 1 aliphatic heterocycles.